The Hall–Kier alpha value is -2.21. The molecule has 2 heterocycles. The number of anilines is 1. The lowest BCUT2D eigenvalue weighted by atomic mass is 10.1. The molecule has 0 atom stereocenters. The number of alkyl halides is 2. The third-order valence-corrected chi connectivity index (χ3v) is 5.12. The minimum absolute atomic E-state index is 0.270. The number of aromatic nitrogens is 1. The lowest BCUT2D eigenvalue weighted by Gasteiger charge is -2.21. The van der Waals surface area contributed by atoms with Crippen molar-refractivity contribution >= 4 is 5.82 Å². The van der Waals surface area contributed by atoms with Crippen LogP contribution in [0.4, 0.5) is 14.6 Å². The van der Waals surface area contributed by atoms with Crippen molar-refractivity contribution in [3.8, 4) is 5.75 Å². The van der Waals surface area contributed by atoms with Gasteiger partial charge in [-0.1, -0.05) is 31.0 Å². The Morgan fingerprint density at radius 1 is 1.00 bits per heavy atom. The smallest absolute Gasteiger partial charge is 0.387 e. The van der Waals surface area contributed by atoms with E-state index >= 15 is 0 Å². The van der Waals surface area contributed by atoms with Crippen LogP contribution in [0.2, 0.25) is 0 Å². The molecular weight excluding hydrogens is 360 g/mol. The molecule has 0 saturated carbocycles. The predicted molar refractivity (Wildman–Crippen MR) is 108 cm³/mol. The van der Waals surface area contributed by atoms with E-state index in [1.165, 1.54) is 25.7 Å². The standard InChI is InChI=1S/C22H29F2N3O/c1-16-11-19(12-17(2)21(16)28-22(23)24)14-25-13-18-7-8-20(26-15-18)27-9-5-3-4-6-10-27/h7-8,11-12,15,22,25H,3-6,9-10,13-14H2,1-2H3. The van der Waals surface area contributed by atoms with Crippen LogP contribution in [0, 0.1) is 13.8 Å². The van der Waals surface area contributed by atoms with Crippen molar-refractivity contribution in [3.63, 3.8) is 0 Å². The maximum Gasteiger partial charge on any atom is 0.387 e. The number of rotatable bonds is 7. The average Bonchev–Trinajstić information content (AvgIpc) is 2.95. The SMILES string of the molecule is Cc1cc(CNCc2ccc(N3CCCCCC3)nc2)cc(C)c1OC(F)F. The maximum atomic E-state index is 12.5. The summed E-state index contributed by atoms with van der Waals surface area (Å²) in [5.74, 6) is 1.33. The van der Waals surface area contributed by atoms with Crippen LogP contribution in [0.15, 0.2) is 30.5 Å². The topological polar surface area (TPSA) is 37.4 Å². The quantitative estimate of drug-likeness (QED) is 0.725. The van der Waals surface area contributed by atoms with Gasteiger partial charge in [0.1, 0.15) is 11.6 Å². The molecule has 1 aromatic heterocycles. The van der Waals surface area contributed by atoms with Gasteiger partial charge in [0.2, 0.25) is 0 Å². The van der Waals surface area contributed by atoms with E-state index in [1.807, 2.05) is 18.3 Å². The van der Waals surface area contributed by atoms with Crippen LogP contribution in [0.25, 0.3) is 0 Å². The van der Waals surface area contributed by atoms with Gasteiger partial charge in [-0.25, -0.2) is 4.98 Å². The van der Waals surface area contributed by atoms with Crippen molar-refractivity contribution in [1.29, 1.82) is 0 Å². The third-order valence-electron chi connectivity index (χ3n) is 5.12. The number of nitrogens with zero attached hydrogens (tertiary/aromatic N) is 2. The number of aryl methyl sites for hydroxylation is 2. The summed E-state index contributed by atoms with van der Waals surface area (Å²) in [6, 6.07) is 8.00. The lowest BCUT2D eigenvalue weighted by Crippen LogP contribution is -2.24. The highest BCUT2D eigenvalue weighted by Gasteiger charge is 2.12. The number of halogens is 2. The van der Waals surface area contributed by atoms with E-state index < -0.39 is 6.61 Å². The van der Waals surface area contributed by atoms with Crippen LogP contribution < -0.4 is 15.0 Å². The van der Waals surface area contributed by atoms with E-state index in [2.05, 4.69) is 32.1 Å². The summed E-state index contributed by atoms with van der Waals surface area (Å²) in [7, 11) is 0. The van der Waals surface area contributed by atoms with Crippen molar-refractivity contribution in [2.24, 2.45) is 0 Å². The molecule has 3 rings (SSSR count). The first-order chi connectivity index (χ1) is 13.5. The van der Waals surface area contributed by atoms with Crippen molar-refractivity contribution < 1.29 is 13.5 Å². The van der Waals surface area contributed by atoms with E-state index in [0.717, 1.165) is 41.2 Å². The molecule has 4 nitrogen and oxygen atoms in total. The highest BCUT2D eigenvalue weighted by molar-refractivity contribution is 5.43. The summed E-state index contributed by atoms with van der Waals surface area (Å²) in [4.78, 5) is 7.01. The van der Waals surface area contributed by atoms with E-state index in [-0.39, 0.29) is 5.75 Å². The second kappa shape index (κ2) is 9.82. The molecule has 1 aromatic carbocycles. The summed E-state index contributed by atoms with van der Waals surface area (Å²) in [6.45, 7) is 4.33. The summed E-state index contributed by atoms with van der Waals surface area (Å²) < 4.78 is 29.6. The molecule has 1 N–H and O–H groups in total. The molecule has 0 radical (unpaired) electrons. The molecule has 1 aliphatic heterocycles. The zero-order valence-electron chi connectivity index (χ0n) is 16.7. The molecule has 1 aliphatic rings. The minimum atomic E-state index is -2.80. The Labute approximate surface area is 165 Å². The Morgan fingerprint density at radius 3 is 2.21 bits per heavy atom. The molecule has 1 fully saturated rings. The van der Waals surface area contributed by atoms with Crippen LogP contribution in [0.3, 0.4) is 0 Å². The lowest BCUT2D eigenvalue weighted by molar-refractivity contribution is -0.0507. The van der Waals surface area contributed by atoms with Crippen LogP contribution >= 0.6 is 0 Å². The number of benzene rings is 1. The average molecular weight is 389 g/mol. The number of hydrogen-bond donors (Lipinski definition) is 1. The minimum Gasteiger partial charge on any atom is -0.434 e. The molecule has 28 heavy (non-hydrogen) atoms. The van der Waals surface area contributed by atoms with Crippen LogP contribution in [0.1, 0.15) is 47.9 Å². The normalized spacial score (nSPS) is 15.0. The zero-order valence-corrected chi connectivity index (χ0v) is 16.7. The number of ether oxygens (including phenoxy) is 1. The van der Waals surface area contributed by atoms with Gasteiger partial charge in [0.05, 0.1) is 0 Å². The monoisotopic (exact) mass is 389 g/mol. The van der Waals surface area contributed by atoms with E-state index in [4.69, 9.17) is 0 Å². The Morgan fingerprint density at radius 2 is 1.64 bits per heavy atom. The van der Waals surface area contributed by atoms with Gasteiger partial charge in [0.15, 0.2) is 0 Å². The van der Waals surface area contributed by atoms with Gasteiger partial charge in [0, 0.05) is 32.4 Å². The van der Waals surface area contributed by atoms with Crippen molar-refractivity contribution in [3.05, 3.63) is 52.7 Å². The van der Waals surface area contributed by atoms with Crippen molar-refractivity contribution in [2.75, 3.05) is 18.0 Å². The second-order valence-electron chi connectivity index (χ2n) is 7.47. The Kier molecular flexibility index (Phi) is 7.20. The Bertz CT molecular complexity index is 734. The Balaban J connectivity index is 1.53. The zero-order chi connectivity index (χ0) is 19.9. The van der Waals surface area contributed by atoms with Gasteiger partial charge in [-0.2, -0.15) is 8.78 Å². The van der Waals surface area contributed by atoms with Gasteiger partial charge in [-0.05, 0) is 55.0 Å². The van der Waals surface area contributed by atoms with Gasteiger partial charge in [-0.15, -0.1) is 0 Å². The first-order valence-electron chi connectivity index (χ1n) is 9.98. The molecule has 0 spiro atoms. The molecule has 1 saturated heterocycles. The first-order valence-corrected chi connectivity index (χ1v) is 9.98. The number of nitrogens with one attached hydrogen (secondary N) is 1. The summed E-state index contributed by atoms with van der Waals surface area (Å²) in [6.07, 6.45) is 7.04. The number of pyridine rings is 1. The van der Waals surface area contributed by atoms with Gasteiger partial charge in [0.25, 0.3) is 0 Å². The fourth-order valence-corrected chi connectivity index (χ4v) is 3.78. The maximum absolute atomic E-state index is 12.5. The molecule has 0 amide bonds. The fraction of sp³-hybridized carbons (Fsp3) is 0.500. The molecule has 0 bridgehead atoms. The van der Waals surface area contributed by atoms with Gasteiger partial charge in [-0.3, -0.25) is 0 Å². The van der Waals surface area contributed by atoms with Gasteiger partial charge >= 0.3 is 6.61 Å². The van der Waals surface area contributed by atoms with Crippen molar-refractivity contribution in [2.45, 2.75) is 59.2 Å². The first kappa shape index (κ1) is 20.5. The van der Waals surface area contributed by atoms with Crippen LogP contribution in [-0.2, 0) is 13.1 Å². The summed E-state index contributed by atoms with van der Waals surface area (Å²) >= 11 is 0. The molecule has 2 aromatic rings. The largest absolute Gasteiger partial charge is 0.434 e. The second-order valence-corrected chi connectivity index (χ2v) is 7.47. The molecular formula is C22H29F2N3O. The molecule has 0 unspecified atom stereocenters. The third kappa shape index (κ3) is 5.64. The number of hydrogen-bond acceptors (Lipinski definition) is 4. The highest BCUT2D eigenvalue weighted by Crippen LogP contribution is 2.26. The fourth-order valence-electron chi connectivity index (χ4n) is 3.78. The molecule has 6 heteroatoms. The highest BCUT2D eigenvalue weighted by atomic mass is 19.3. The van der Waals surface area contributed by atoms with E-state index in [9.17, 15) is 8.78 Å². The predicted octanol–water partition coefficient (Wildman–Crippen LogP) is 4.97. The summed E-state index contributed by atoms with van der Waals surface area (Å²) in [5, 5.41) is 3.40. The van der Waals surface area contributed by atoms with Crippen LogP contribution in [0.5, 0.6) is 5.75 Å². The van der Waals surface area contributed by atoms with Crippen molar-refractivity contribution in [1.82, 2.24) is 10.3 Å². The van der Waals surface area contributed by atoms with Gasteiger partial charge < -0.3 is 15.0 Å². The summed E-state index contributed by atoms with van der Waals surface area (Å²) in [5.41, 5.74) is 3.62. The van der Waals surface area contributed by atoms with Crippen LogP contribution in [-0.4, -0.2) is 24.7 Å². The molecule has 0 aliphatic carbocycles. The molecule has 152 valence electrons. The van der Waals surface area contributed by atoms with E-state index in [1.54, 1.807) is 13.8 Å². The van der Waals surface area contributed by atoms with E-state index in [0.29, 0.717) is 13.1 Å².